The zero-order chi connectivity index (χ0) is 13.8. The maximum atomic E-state index is 12.2. The van der Waals surface area contributed by atoms with Gasteiger partial charge >= 0.3 is 5.97 Å². The largest absolute Gasteiger partial charge is 0.423 e. The first-order valence-corrected chi connectivity index (χ1v) is 6.87. The summed E-state index contributed by atoms with van der Waals surface area (Å²) in [7, 11) is 0. The van der Waals surface area contributed by atoms with E-state index in [-0.39, 0.29) is 5.97 Å². The van der Waals surface area contributed by atoms with Gasteiger partial charge in [-0.25, -0.2) is 4.79 Å². The Morgan fingerprint density at radius 2 is 1.45 bits per heavy atom. The lowest BCUT2D eigenvalue weighted by atomic mass is 10.1. The number of carbonyl (C=O) groups excluding carboxylic acids is 1. The summed E-state index contributed by atoms with van der Waals surface area (Å²) in [6, 6.07) is 18.9. The fourth-order valence-electron chi connectivity index (χ4n) is 2.00. The van der Waals surface area contributed by atoms with Gasteiger partial charge in [-0.15, -0.1) is 0 Å². The molecule has 0 aliphatic heterocycles. The highest BCUT2D eigenvalue weighted by molar-refractivity contribution is 5.93. The van der Waals surface area contributed by atoms with Crippen molar-refractivity contribution in [2.24, 2.45) is 5.92 Å². The molecule has 2 heteroatoms. The maximum Gasteiger partial charge on any atom is 0.343 e. The van der Waals surface area contributed by atoms with Crippen molar-refractivity contribution in [1.82, 2.24) is 0 Å². The van der Waals surface area contributed by atoms with Gasteiger partial charge in [-0.05, 0) is 37.0 Å². The lowest BCUT2D eigenvalue weighted by molar-refractivity contribution is 0.0691. The summed E-state index contributed by atoms with van der Waals surface area (Å²) < 4.78 is 5.60. The summed E-state index contributed by atoms with van der Waals surface area (Å²) in [5, 5.41) is 0. The maximum absolute atomic E-state index is 12.2. The Bertz CT molecular complexity index is 610. The molecule has 0 atom stereocenters. The molecule has 2 nitrogen and oxygen atoms in total. The van der Waals surface area contributed by atoms with Crippen LogP contribution in [0.2, 0.25) is 0 Å². The minimum absolute atomic E-state index is 0.304. The zero-order valence-electron chi connectivity index (χ0n) is 11.2. The Kier molecular flexibility index (Phi) is 3.64. The van der Waals surface area contributed by atoms with Gasteiger partial charge in [-0.3, -0.25) is 0 Å². The van der Waals surface area contributed by atoms with E-state index in [1.54, 1.807) is 12.1 Å². The lowest BCUT2D eigenvalue weighted by Crippen LogP contribution is -2.04. The van der Waals surface area contributed by atoms with Crippen LogP contribution in [0, 0.1) is 5.92 Å². The number of hydrogen-bond acceptors (Lipinski definition) is 2. The minimum atomic E-state index is -0.304. The summed E-state index contributed by atoms with van der Waals surface area (Å²) in [6.07, 6.45) is 4.43. The van der Waals surface area contributed by atoms with E-state index in [1.807, 2.05) is 48.5 Å². The topological polar surface area (TPSA) is 26.3 Å². The summed E-state index contributed by atoms with van der Waals surface area (Å²) >= 11 is 0. The first-order valence-electron chi connectivity index (χ1n) is 6.87. The second-order valence-corrected chi connectivity index (χ2v) is 4.99. The van der Waals surface area contributed by atoms with Crippen molar-refractivity contribution in [2.75, 3.05) is 0 Å². The molecule has 100 valence electrons. The number of hydrogen-bond donors (Lipinski definition) is 0. The Labute approximate surface area is 118 Å². The summed E-state index contributed by atoms with van der Waals surface area (Å²) in [6.45, 7) is 0. The molecule has 0 N–H and O–H groups in total. The van der Waals surface area contributed by atoms with Crippen LogP contribution >= 0.6 is 0 Å². The highest BCUT2D eigenvalue weighted by atomic mass is 16.5. The molecule has 0 amide bonds. The minimum Gasteiger partial charge on any atom is -0.423 e. The van der Waals surface area contributed by atoms with E-state index in [9.17, 15) is 4.79 Å². The summed E-state index contributed by atoms with van der Waals surface area (Å²) in [5.41, 5.74) is 1.52. The molecular weight excluding hydrogens is 248 g/mol. The van der Waals surface area contributed by atoms with Gasteiger partial charge in [0.25, 0.3) is 0 Å². The lowest BCUT2D eigenvalue weighted by Gasteiger charge is -2.09. The SMILES string of the molecule is O=C(O/C(=C\C1CC1)c1ccccc1)c1ccccc1. The van der Waals surface area contributed by atoms with Crippen LogP contribution in [0.15, 0.2) is 66.7 Å². The van der Waals surface area contributed by atoms with Crippen LogP contribution in [0.1, 0.15) is 28.8 Å². The highest BCUT2D eigenvalue weighted by Gasteiger charge is 2.21. The van der Waals surface area contributed by atoms with Crippen LogP contribution in [-0.2, 0) is 4.74 Å². The van der Waals surface area contributed by atoms with Gasteiger partial charge in [-0.2, -0.15) is 0 Å². The average Bonchev–Trinajstić information content (AvgIpc) is 3.32. The molecule has 0 heterocycles. The van der Waals surface area contributed by atoms with E-state index in [0.717, 1.165) is 5.56 Å². The summed E-state index contributed by atoms with van der Waals surface area (Å²) in [4.78, 5) is 12.2. The van der Waals surface area contributed by atoms with Crippen molar-refractivity contribution in [1.29, 1.82) is 0 Å². The number of benzene rings is 2. The highest BCUT2D eigenvalue weighted by Crippen LogP contribution is 2.34. The third-order valence-electron chi connectivity index (χ3n) is 3.28. The predicted octanol–water partition coefficient (Wildman–Crippen LogP) is 4.29. The molecule has 1 saturated carbocycles. The van der Waals surface area contributed by atoms with Gasteiger partial charge < -0.3 is 4.74 Å². The molecule has 1 aliphatic carbocycles. The molecule has 0 bridgehead atoms. The Hall–Kier alpha value is -2.35. The van der Waals surface area contributed by atoms with Gasteiger partial charge in [0.05, 0.1) is 5.56 Å². The summed E-state index contributed by atoms with van der Waals surface area (Å²) in [5.74, 6) is 0.914. The van der Waals surface area contributed by atoms with Gasteiger partial charge in [0, 0.05) is 5.56 Å². The van der Waals surface area contributed by atoms with E-state index in [0.29, 0.717) is 17.2 Å². The number of rotatable bonds is 4. The molecule has 0 radical (unpaired) electrons. The first-order chi connectivity index (χ1) is 9.83. The zero-order valence-corrected chi connectivity index (χ0v) is 11.2. The Morgan fingerprint density at radius 1 is 0.900 bits per heavy atom. The van der Waals surface area contributed by atoms with E-state index in [2.05, 4.69) is 6.08 Å². The molecule has 0 aromatic heterocycles. The first kappa shape index (κ1) is 12.7. The number of ether oxygens (including phenoxy) is 1. The number of allylic oxidation sites excluding steroid dienone is 1. The Balaban J connectivity index is 1.83. The van der Waals surface area contributed by atoms with Crippen LogP contribution in [0.5, 0.6) is 0 Å². The molecule has 1 fully saturated rings. The van der Waals surface area contributed by atoms with Crippen LogP contribution in [0.25, 0.3) is 5.76 Å². The van der Waals surface area contributed by atoms with Crippen molar-refractivity contribution in [2.45, 2.75) is 12.8 Å². The average molecular weight is 264 g/mol. The van der Waals surface area contributed by atoms with Crippen molar-refractivity contribution in [3.8, 4) is 0 Å². The van der Waals surface area contributed by atoms with Crippen LogP contribution in [-0.4, -0.2) is 5.97 Å². The molecule has 0 saturated heterocycles. The van der Waals surface area contributed by atoms with E-state index >= 15 is 0 Å². The molecule has 2 aromatic rings. The van der Waals surface area contributed by atoms with Gasteiger partial charge in [0.1, 0.15) is 5.76 Å². The normalized spacial score (nSPS) is 14.9. The molecule has 0 unspecified atom stereocenters. The van der Waals surface area contributed by atoms with E-state index in [4.69, 9.17) is 4.74 Å². The number of esters is 1. The van der Waals surface area contributed by atoms with Crippen molar-refractivity contribution in [3.05, 3.63) is 77.9 Å². The van der Waals surface area contributed by atoms with Gasteiger partial charge in [-0.1, -0.05) is 48.5 Å². The molecule has 1 aliphatic rings. The molecule has 3 rings (SSSR count). The monoisotopic (exact) mass is 264 g/mol. The smallest absolute Gasteiger partial charge is 0.343 e. The van der Waals surface area contributed by atoms with Crippen LogP contribution < -0.4 is 0 Å². The number of carbonyl (C=O) groups is 1. The van der Waals surface area contributed by atoms with Crippen LogP contribution in [0.3, 0.4) is 0 Å². The quantitative estimate of drug-likeness (QED) is 0.608. The van der Waals surface area contributed by atoms with E-state index in [1.165, 1.54) is 12.8 Å². The van der Waals surface area contributed by atoms with Crippen molar-refractivity contribution >= 4 is 11.7 Å². The molecule has 0 spiro atoms. The predicted molar refractivity (Wildman–Crippen MR) is 79.0 cm³/mol. The second kappa shape index (κ2) is 5.74. The van der Waals surface area contributed by atoms with Crippen LogP contribution in [0.4, 0.5) is 0 Å². The molecule has 20 heavy (non-hydrogen) atoms. The molecule has 2 aromatic carbocycles. The Morgan fingerprint density at radius 3 is 2.00 bits per heavy atom. The second-order valence-electron chi connectivity index (χ2n) is 4.99. The third-order valence-corrected chi connectivity index (χ3v) is 3.28. The van der Waals surface area contributed by atoms with Crippen molar-refractivity contribution in [3.63, 3.8) is 0 Å². The fraction of sp³-hybridized carbons (Fsp3) is 0.167. The third kappa shape index (κ3) is 3.15. The fourth-order valence-corrected chi connectivity index (χ4v) is 2.00. The van der Waals surface area contributed by atoms with Crippen molar-refractivity contribution < 1.29 is 9.53 Å². The van der Waals surface area contributed by atoms with E-state index < -0.39 is 0 Å². The van der Waals surface area contributed by atoms with Gasteiger partial charge in [0.15, 0.2) is 0 Å². The molecular formula is C18H16O2. The van der Waals surface area contributed by atoms with Gasteiger partial charge in [0.2, 0.25) is 0 Å². The standard InChI is InChI=1S/C18H16O2/c19-18(16-9-5-2-6-10-16)20-17(13-14-11-12-14)15-7-3-1-4-8-15/h1-10,13-14H,11-12H2/b17-13-.